The number of hydrogen-bond donors (Lipinski definition) is 2. The lowest BCUT2D eigenvalue weighted by atomic mass is 10.1. The van der Waals surface area contributed by atoms with Gasteiger partial charge in [-0.25, -0.2) is 0 Å². The van der Waals surface area contributed by atoms with Gasteiger partial charge in [-0.05, 0) is 37.3 Å². The maximum Gasteiger partial charge on any atom is 0.0456 e. The average molecular weight is 248 g/mol. The second kappa shape index (κ2) is 6.72. The summed E-state index contributed by atoms with van der Waals surface area (Å²) in [6.07, 6.45) is 6.65. The van der Waals surface area contributed by atoms with Crippen molar-refractivity contribution in [1.82, 2.24) is 10.3 Å². The SMILES string of the molecule is CSCCNCCCc1c[nH]c2ccccc12. The Balaban J connectivity index is 1.79. The first-order chi connectivity index (χ1) is 8.42. The van der Waals surface area contributed by atoms with E-state index in [1.165, 1.54) is 28.6 Å². The highest BCUT2D eigenvalue weighted by atomic mass is 32.2. The lowest BCUT2D eigenvalue weighted by Gasteiger charge is -2.03. The van der Waals surface area contributed by atoms with Crippen LogP contribution in [0.2, 0.25) is 0 Å². The molecule has 0 saturated carbocycles. The molecular formula is C14H20N2S. The van der Waals surface area contributed by atoms with Crippen LogP contribution in [0.15, 0.2) is 30.5 Å². The van der Waals surface area contributed by atoms with Gasteiger partial charge in [0.1, 0.15) is 0 Å². The third-order valence-corrected chi connectivity index (χ3v) is 3.57. The van der Waals surface area contributed by atoms with Crippen molar-refractivity contribution in [3.63, 3.8) is 0 Å². The largest absolute Gasteiger partial charge is 0.361 e. The van der Waals surface area contributed by atoms with Crippen LogP contribution in [-0.2, 0) is 6.42 Å². The highest BCUT2D eigenvalue weighted by molar-refractivity contribution is 7.98. The predicted octanol–water partition coefficient (Wildman–Crippen LogP) is 3.05. The minimum Gasteiger partial charge on any atom is -0.361 e. The molecule has 2 rings (SSSR count). The van der Waals surface area contributed by atoms with Crippen LogP contribution >= 0.6 is 11.8 Å². The topological polar surface area (TPSA) is 27.8 Å². The van der Waals surface area contributed by atoms with Gasteiger partial charge >= 0.3 is 0 Å². The van der Waals surface area contributed by atoms with Crippen molar-refractivity contribution in [2.75, 3.05) is 25.1 Å². The Labute approximate surface area is 107 Å². The Bertz CT molecular complexity index is 450. The molecule has 1 heterocycles. The van der Waals surface area contributed by atoms with Gasteiger partial charge < -0.3 is 10.3 Å². The van der Waals surface area contributed by atoms with E-state index >= 15 is 0 Å². The van der Waals surface area contributed by atoms with E-state index in [4.69, 9.17) is 0 Å². The number of H-pyrrole nitrogens is 1. The number of rotatable bonds is 7. The number of aromatic nitrogens is 1. The molecule has 0 aliphatic rings. The van der Waals surface area contributed by atoms with Crippen molar-refractivity contribution in [3.05, 3.63) is 36.0 Å². The zero-order valence-electron chi connectivity index (χ0n) is 10.3. The third kappa shape index (κ3) is 3.51. The Morgan fingerprint density at radius 1 is 1.24 bits per heavy atom. The minimum absolute atomic E-state index is 1.11. The van der Waals surface area contributed by atoms with Gasteiger partial charge in [-0.1, -0.05) is 18.2 Å². The summed E-state index contributed by atoms with van der Waals surface area (Å²) < 4.78 is 0. The van der Waals surface area contributed by atoms with Gasteiger partial charge in [-0.2, -0.15) is 11.8 Å². The number of aromatic amines is 1. The van der Waals surface area contributed by atoms with Crippen LogP contribution < -0.4 is 5.32 Å². The summed E-state index contributed by atoms with van der Waals surface area (Å²) in [7, 11) is 0. The van der Waals surface area contributed by atoms with Crippen molar-refractivity contribution in [2.24, 2.45) is 0 Å². The predicted molar refractivity (Wildman–Crippen MR) is 77.9 cm³/mol. The molecule has 0 unspecified atom stereocenters. The van der Waals surface area contributed by atoms with Crippen LogP contribution in [0.3, 0.4) is 0 Å². The summed E-state index contributed by atoms with van der Waals surface area (Å²) in [4.78, 5) is 3.33. The Hall–Kier alpha value is -0.930. The maximum absolute atomic E-state index is 3.47. The first-order valence-electron chi connectivity index (χ1n) is 6.16. The molecule has 1 aromatic carbocycles. The molecule has 17 heavy (non-hydrogen) atoms. The number of fused-ring (bicyclic) bond motifs is 1. The Morgan fingerprint density at radius 3 is 3.00 bits per heavy atom. The Kier molecular flexibility index (Phi) is 4.95. The van der Waals surface area contributed by atoms with Gasteiger partial charge in [0.25, 0.3) is 0 Å². The molecule has 0 aliphatic carbocycles. The molecule has 0 spiro atoms. The number of aryl methyl sites for hydroxylation is 1. The first-order valence-corrected chi connectivity index (χ1v) is 7.56. The van der Waals surface area contributed by atoms with Crippen LogP contribution in [0.4, 0.5) is 0 Å². The summed E-state index contributed by atoms with van der Waals surface area (Å²) in [5.74, 6) is 1.20. The van der Waals surface area contributed by atoms with Crippen LogP contribution in [0.5, 0.6) is 0 Å². The molecule has 0 atom stereocenters. The minimum atomic E-state index is 1.11. The molecule has 2 N–H and O–H groups in total. The quantitative estimate of drug-likeness (QED) is 0.737. The monoisotopic (exact) mass is 248 g/mol. The highest BCUT2D eigenvalue weighted by Crippen LogP contribution is 2.18. The fourth-order valence-electron chi connectivity index (χ4n) is 2.04. The van der Waals surface area contributed by atoms with Crippen molar-refractivity contribution in [3.8, 4) is 0 Å². The fraction of sp³-hybridized carbons (Fsp3) is 0.429. The second-order valence-corrected chi connectivity index (χ2v) is 5.19. The summed E-state index contributed by atoms with van der Waals surface area (Å²) >= 11 is 1.89. The van der Waals surface area contributed by atoms with Crippen molar-refractivity contribution < 1.29 is 0 Å². The molecule has 3 heteroatoms. The second-order valence-electron chi connectivity index (χ2n) is 4.21. The number of benzene rings is 1. The van der Waals surface area contributed by atoms with E-state index in [1.807, 2.05) is 11.8 Å². The lowest BCUT2D eigenvalue weighted by Crippen LogP contribution is -2.18. The fourth-order valence-corrected chi connectivity index (χ4v) is 2.39. The average Bonchev–Trinajstić information content (AvgIpc) is 2.77. The maximum atomic E-state index is 3.47. The molecule has 0 aliphatic heterocycles. The van der Waals surface area contributed by atoms with E-state index in [0.29, 0.717) is 0 Å². The molecule has 0 amide bonds. The van der Waals surface area contributed by atoms with Gasteiger partial charge in [0, 0.05) is 29.4 Å². The lowest BCUT2D eigenvalue weighted by molar-refractivity contribution is 0.677. The van der Waals surface area contributed by atoms with E-state index in [1.54, 1.807) is 0 Å². The number of hydrogen-bond acceptors (Lipinski definition) is 2. The van der Waals surface area contributed by atoms with Crippen LogP contribution in [-0.4, -0.2) is 30.1 Å². The molecule has 0 radical (unpaired) electrons. The highest BCUT2D eigenvalue weighted by Gasteiger charge is 2.01. The van der Waals surface area contributed by atoms with Crippen molar-refractivity contribution in [1.29, 1.82) is 0 Å². The zero-order chi connectivity index (χ0) is 11.9. The number of para-hydroxylation sites is 1. The van der Waals surface area contributed by atoms with Gasteiger partial charge in [-0.15, -0.1) is 0 Å². The summed E-state index contributed by atoms with van der Waals surface area (Å²) in [5.41, 5.74) is 2.69. The molecule has 0 saturated heterocycles. The van der Waals surface area contributed by atoms with Gasteiger partial charge in [-0.3, -0.25) is 0 Å². The van der Waals surface area contributed by atoms with Crippen LogP contribution in [0.25, 0.3) is 10.9 Å². The standard InChI is InChI=1S/C14H20N2S/c1-17-10-9-15-8-4-5-12-11-16-14-7-3-2-6-13(12)14/h2-3,6-7,11,15-16H,4-5,8-10H2,1H3. The van der Waals surface area contributed by atoms with Crippen LogP contribution in [0, 0.1) is 0 Å². The van der Waals surface area contributed by atoms with Crippen LogP contribution in [0.1, 0.15) is 12.0 Å². The Morgan fingerprint density at radius 2 is 2.12 bits per heavy atom. The van der Waals surface area contributed by atoms with Crippen molar-refractivity contribution >= 4 is 22.7 Å². The van der Waals surface area contributed by atoms with Gasteiger partial charge in [0.15, 0.2) is 0 Å². The number of thioether (sulfide) groups is 1. The molecule has 0 fully saturated rings. The van der Waals surface area contributed by atoms with E-state index in [0.717, 1.165) is 19.5 Å². The first kappa shape index (κ1) is 12.5. The van der Waals surface area contributed by atoms with Gasteiger partial charge in [0.05, 0.1) is 0 Å². The van der Waals surface area contributed by atoms with E-state index in [9.17, 15) is 0 Å². The van der Waals surface area contributed by atoms with Crippen molar-refractivity contribution in [2.45, 2.75) is 12.8 Å². The summed E-state index contributed by atoms with van der Waals surface area (Å²) in [6.45, 7) is 2.23. The molecule has 2 nitrogen and oxygen atoms in total. The van der Waals surface area contributed by atoms with Gasteiger partial charge in [0.2, 0.25) is 0 Å². The van der Waals surface area contributed by atoms with E-state index in [-0.39, 0.29) is 0 Å². The smallest absolute Gasteiger partial charge is 0.0456 e. The molecule has 92 valence electrons. The zero-order valence-corrected chi connectivity index (χ0v) is 11.1. The van der Waals surface area contributed by atoms with E-state index in [2.05, 4.69) is 47.0 Å². The molecule has 2 aromatic rings. The summed E-state index contributed by atoms with van der Waals surface area (Å²) in [6, 6.07) is 8.51. The molecular weight excluding hydrogens is 228 g/mol. The summed E-state index contributed by atoms with van der Waals surface area (Å²) in [5, 5.41) is 4.84. The number of nitrogens with one attached hydrogen (secondary N) is 2. The molecule has 1 aromatic heterocycles. The van der Waals surface area contributed by atoms with E-state index < -0.39 is 0 Å². The normalized spacial score (nSPS) is 11.1. The third-order valence-electron chi connectivity index (χ3n) is 2.96. The molecule has 0 bridgehead atoms.